The van der Waals surface area contributed by atoms with Crippen LogP contribution in [0.25, 0.3) is 0 Å². The van der Waals surface area contributed by atoms with Gasteiger partial charge in [0.15, 0.2) is 12.4 Å². The van der Waals surface area contributed by atoms with Gasteiger partial charge in [-0.05, 0) is 5.56 Å². The number of carbonyl (C=O) groups excluding carboxylic acids is 1. The van der Waals surface area contributed by atoms with Crippen LogP contribution in [0.15, 0.2) is 30.3 Å². The average molecular weight is 178 g/mol. The van der Waals surface area contributed by atoms with Crippen molar-refractivity contribution in [1.29, 1.82) is 5.41 Å². The van der Waals surface area contributed by atoms with Crippen LogP contribution in [0.1, 0.15) is 11.7 Å². The number of nitrogens with two attached hydrogens (primary N) is 1. The predicted molar refractivity (Wildman–Crippen MR) is 48.2 cm³/mol. The van der Waals surface area contributed by atoms with E-state index >= 15 is 0 Å². The lowest BCUT2D eigenvalue weighted by Crippen LogP contribution is -2.18. The van der Waals surface area contributed by atoms with Crippen molar-refractivity contribution in [3.63, 3.8) is 0 Å². The van der Waals surface area contributed by atoms with E-state index in [1.165, 1.54) is 0 Å². The number of amidine groups is 1. The van der Waals surface area contributed by atoms with Crippen LogP contribution in [0, 0.1) is 5.41 Å². The van der Waals surface area contributed by atoms with Crippen molar-refractivity contribution in [2.45, 2.75) is 6.10 Å². The van der Waals surface area contributed by atoms with Crippen molar-refractivity contribution in [1.82, 2.24) is 0 Å². The molecule has 0 bridgehead atoms. The zero-order chi connectivity index (χ0) is 9.68. The van der Waals surface area contributed by atoms with Gasteiger partial charge in [-0.2, -0.15) is 0 Å². The van der Waals surface area contributed by atoms with Crippen LogP contribution in [0.5, 0.6) is 0 Å². The van der Waals surface area contributed by atoms with E-state index < -0.39 is 12.1 Å². The van der Waals surface area contributed by atoms with Crippen LogP contribution >= 0.6 is 0 Å². The Morgan fingerprint density at radius 3 is 2.54 bits per heavy atom. The van der Waals surface area contributed by atoms with E-state index in [2.05, 4.69) is 0 Å². The quantitative estimate of drug-likeness (QED) is 0.409. The molecule has 0 aliphatic carbocycles. The molecule has 1 atom stereocenters. The highest BCUT2D eigenvalue weighted by Crippen LogP contribution is 2.13. The summed E-state index contributed by atoms with van der Waals surface area (Å²) >= 11 is 0. The van der Waals surface area contributed by atoms with Gasteiger partial charge in [-0.15, -0.1) is 0 Å². The van der Waals surface area contributed by atoms with Crippen molar-refractivity contribution < 1.29 is 9.53 Å². The van der Waals surface area contributed by atoms with Crippen molar-refractivity contribution in [3.8, 4) is 0 Å². The van der Waals surface area contributed by atoms with E-state index in [0.717, 1.165) is 0 Å². The Hall–Kier alpha value is -1.84. The van der Waals surface area contributed by atoms with Crippen LogP contribution in [-0.4, -0.2) is 12.3 Å². The highest BCUT2D eigenvalue weighted by molar-refractivity contribution is 5.72. The summed E-state index contributed by atoms with van der Waals surface area (Å²) in [4.78, 5) is 10.6. The van der Waals surface area contributed by atoms with E-state index in [1.807, 2.05) is 6.07 Å². The molecule has 3 N–H and O–H groups in total. The zero-order valence-electron chi connectivity index (χ0n) is 6.94. The minimum absolute atomic E-state index is 0.457. The molecule has 0 aliphatic heterocycles. The molecule has 0 heterocycles. The van der Waals surface area contributed by atoms with E-state index in [9.17, 15) is 4.79 Å². The van der Waals surface area contributed by atoms with Gasteiger partial charge in [0.25, 0.3) is 6.02 Å². The average Bonchev–Trinajstić information content (AvgIpc) is 2.15. The van der Waals surface area contributed by atoms with Crippen molar-refractivity contribution in [2.24, 2.45) is 5.73 Å². The Morgan fingerprint density at radius 2 is 2.08 bits per heavy atom. The first-order valence-corrected chi connectivity index (χ1v) is 3.75. The number of nitrogens with one attached hydrogen (secondary N) is 1. The lowest BCUT2D eigenvalue weighted by molar-refractivity contribution is -0.114. The molecule has 0 aromatic heterocycles. The highest BCUT2D eigenvalue weighted by Gasteiger charge is 2.11. The largest absolute Gasteiger partial charge is 0.450 e. The summed E-state index contributed by atoms with van der Waals surface area (Å²) in [6.45, 7) is 0. The molecule has 0 saturated heterocycles. The molecule has 1 rings (SSSR count). The number of hydrogen-bond acceptors (Lipinski definition) is 3. The van der Waals surface area contributed by atoms with Crippen LogP contribution < -0.4 is 5.73 Å². The topological polar surface area (TPSA) is 76.2 Å². The fourth-order valence-corrected chi connectivity index (χ4v) is 0.954. The van der Waals surface area contributed by atoms with Gasteiger partial charge in [0.1, 0.15) is 0 Å². The Labute approximate surface area is 75.8 Å². The third-order valence-electron chi connectivity index (χ3n) is 1.51. The predicted octanol–water partition coefficient (Wildman–Crippen LogP) is 0.837. The molecule has 0 saturated carbocycles. The Morgan fingerprint density at radius 1 is 1.46 bits per heavy atom. The first kappa shape index (κ1) is 9.25. The highest BCUT2D eigenvalue weighted by atomic mass is 16.5. The maximum atomic E-state index is 10.6. The summed E-state index contributed by atoms with van der Waals surface area (Å²) < 4.78 is 4.78. The molecule has 0 radical (unpaired) electrons. The standard InChI is InChI=1S/C9H10N2O2/c10-9(11)13-8(6-12)7-4-2-1-3-5-7/h1-6,8H,(H3,10,11). The van der Waals surface area contributed by atoms with Crippen molar-refractivity contribution in [2.75, 3.05) is 0 Å². The second-order valence-electron chi connectivity index (χ2n) is 2.45. The number of hydrogen-bond donors (Lipinski definition) is 2. The third kappa shape index (κ3) is 2.59. The SMILES string of the molecule is N=C(N)OC(C=O)c1ccccc1. The fourth-order valence-electron chi connectivity index (χ4n) is 0.954. The Bertz CT molecular complexity index is 298. The van der Waals surface area contributed by atoms with Gasteiger partial charge < -0.3 is 10.5 Å². The van der Waals surface area contributed by atoms with E-state index in [4.69, 9.17) is 15.9 Å². The maximum Gasteiger partial charge on any atom is 0.280 e. The first-order chi connectivity index (χ1) is 6.24. The van der Waals surface area contributed by atoms with E-state index in [-0.39, 0.29) is 0 Å². The molecule has 1 aromatic carbocycles. The van der Waals surface area contributed by atoms with Gasteiger partial charge in [0.05, 0.1) is 0 Å². The monoisotopic (exact) mass is 178 g/mol. The summed E-state index contributed by atoms with van der Waals surface area (Å²) in [7, 11) is 0. The second-order valence-corrected chi connectivity index (χ2v) is 2.45. The molecular weight excluding hydrogens is 168 g/mol. The molecule has 0 amide bonds. The van der Waals surface area contributed by atoms with Crippen LogP contribution in [-0.2, 0) is 9.53 Å². The number of ether oxygens (including phenoxy) is 1. The maximum absolute atomic E-state index is 10.6. The lowest BCUT2D eigenvalue weighted by atomic mass is 10.1. The van der Waals surface area contributed by atoms with Gasteiger partial charge >= 0.3 is 0 Å². The molecule has 1 aromatic rings. The van der Waals surface area contributed by atoms with E-state index in [0.29, 0.717) is 11.8 Å². The van der Waals surface area contributed by atoms with Crippen LogP contribution in [0.4, 0.5) is 0 Å². The normalized spacial score (nSPS) is 11.7. The fraction of sp³-hybridized carbons (Fsp3) is 0.111. The summed E-state index contributed by atoms with van der Waals surface area (Å²) in [6, 6.07) is 8.43. The minimum Gasteiger partial charge on any atom is -0.450 e. The van der Waals surface area contributed by atoms with Crippen molar-refractivity contribution >= 4 is 12.3 Å². The van der Waals surface area contributed by atoms with Gasteiger partial charge in [-0.25, -0.2) is 0 Å². The van der Waals surface area contributed by atoms with Crippen LogP contribution in [0.3, 0.4) is 0 Å². The number of aldehydes is 1. The molecule has 0 fully saturated rings. The van der Waals surface area contributed by atoms with Crippen molar-refractivity contribution in [3.05, 3.63) is 35.9 Å². The number of benzene rings is 1. The lowest BCUT2D eigenvalue weighted by Gasteiger charge is -2.10. The van der Waals surface area contributed by atoms with Gasteiger partial charge in [-0.3, -0.25) is 10.2 Å². The third-order valence-corrected chi connectivity index (χ3v) is 1.51. The first-order valence-electron chi connectivity index (χ1n) is 3.75. The van der Waals surface area contributed by atoms with Crippen LogP contribution in [0.2, 0.25) is 0 Å². The van der Waals surface area contributed by atoms with Gasteiger partial charge in [0.2, 0.25) is 0 Å². The Balaban J connectivity index is 2.78. The smallest absolute Gasteiger partial charge is 0.280 e. The summed E-state index contributed by atoms with van der Waals surface area (Å²) in [5, 5.41) is 6.87. The molecule has 0 spiro atoms. The van der Waals surface area contributed by atoms with E-state index in [1.54, 1.807) is 24.3 Å². The number of rotatable bonds is 3. The molecular formula is C9H10N2O2. The summed E-state index contributed by atoms with van der Waals surface area (Å²) in [5.41, 5.74) is 5.70. The molecule has 68 valence electrons. The molecule has 0 aliphatic rings. The number of carbonyl (C=O) groups is 1. The molecule has 13 heavy (non-hydrogen) atoms. The molecule has 1 unspecified atom stereocenters. The molecule has 4 nitrogen and oxygen atoms in total. The Kier molecular flexibility index (Phi) is 3.03. The molecule has 4 heteroatoms. The summed E-state index contributed by atoms with van der Waals surface area (Å²) in [6.07, 6.45) is -0.171. The second kappa shape index (κ2) is 4.25. The van der Waals surface area contributed by atoms with Gasteiger partial charge in [0, 0.05) is 0 Å². The summed E-state index contributed by atoms with van der Waals surface area (Å²) in [5.74, 6) is 0. The van der Waals surface area contributed by atoms with Gasteiger partial charge in [-0.1, -0.05) is 30.3 Å². The zero-order valence-corrected chi connectivity index (χ0v) is 6.94. The minimum atomic E-state index is -0.779.